The van der Waals surface area contributed by atoms with Gasteiger partial charge in [0.15, 0.2) is 0 Å². The van der Waals surface area contributed by atoms with E-state index in [0.717, 1.165) is 18.4 Å². The summed E-state index contributed by atoms with van der Waals surface area (Å²) in [5, 5.41) is 9.18. The summed E-state index contributed by atoms with van der Waals surface area (Å²) in [6.07, 6.45) is 2.10. The summed E-state index contributed by atoms with van der Waals surface area (Å²) in [5.41, 5.74) is 3.60. The third kappa shape index (κ3) is 4.95. The Bertz CT molecular complexity index is 624. The molecule has 1 aliphatic rings. The van der Waals surface area contributed by atoms with E-state index in [1.54, 1.807) is 13.2 Å². The number of hydrogen-bond donors (Lipinski definition) is 2. The SMILES string of the molecule is COCCCC[C@@H](CS(=O)(=O)N1Cc2ccc(F)cc2C1)NO. The van der Waals surface area contributed by atoms with Crippen LogP contribution in [0.25, 0.3) is 0 Å². The van der Waals surface area contributed by atoms with Crippen LogP contribution in [0.4, 0.5) is 4.39 Å². The highest BCUT2D eigenvalue weighted by Crippen LogP contribution is 2.26. The molecule has 23 heavy (non-hydrogen) atoms. The van der Waals surface area contributed by atoms with Crippen LogP contribution in [0.1, 0.15) is 30.4 Å². The number of benzene rings is 1. The second-order valence-electron chi connectivity index (χ2n) is 5.77. The van der Waals surface area contributed by atoms with Gasteiger partial charge in [-0.3, -0.25) is 0 Å². The summed E-state index contributed by atoms with van der Waals surface area (Å²) >= 11 is 0. The van der Waals surface area contributed by atoms with Crippen LogP contribution in [0.3, 0.4) is 0 Å². The molecule has 0 saturated heterocycles. The lowest BCUT2D eigenvalue weighted by molar-refractivity contribution is 0.125. The predicted molar refractivity (Wildman–Crippen MR) is 83.9 cm³/mol. The number of methoxy groups -OCH3 is 1. The first-order valence-electron chi connectivity index (χ1n) is 7.60. The van der Waals surface area contributed by atoms with Crippen molar-refractivity contribution >= 4 is 10.0 Å². The molecule has 2 rings (SSSR count). The molecule has 130 valence electrons. The standard InChI is InChI=1S/C15H23FN2O4S/c1-22-7-3-2-4-15(17-19)11-23(20,21)18-9-12-5-6-14(16)8-13(12)10-18/h5-6,8,15,17,19H,2-4,7,9-11H2,1H3/t15-/m0/s1. The Labute approximate surface area is 136 Å². The maximum atomic E-state index is 13.2. The number of sulfonamides is 1. The van der Waals surface area contributed by atoms with E-state index in [9.17, 15) is 18.0 Å². The van der Waals surface area contributed by atoms with Crippen LogP contribution in [0.5, 0.6) is 0 Å². The van der Waals surface area contributed by atoms with E-state index in [1.165, 1.54) is 16.4 Å². The van der Waals surface area contributed by atoms with E-state index in [2.05, 4.69) is 5.48 Å². The quantitative estimate of drug-likeness (QED) is 0.525. The Morgan fingerprint density at radius 3 is 2.78 bits per heavy atom. The molecule has 0 fully saturated rings. The summed E-state index contributed by atoms with van der Waals surface area (Å²) < 4.78 is 44.5. The van der Waals surface area contributed by atoms with Crippen LogP contribution in [0, 0.1) is 5.82 Å². The summed E-state index contributed by atoms with van der Waals surface area (Å²) in [6.45, 7) is 1.04. The van der Waals surface area contributed by atoms with E-state index in [0.29, 0.717) is 18.6 Å². The minimum atomic E-state index is -3.54. The Hall–Kier alpha value is -1.06. The van der Waals surface area contributed by atoms with Crippen LogP contribution < -0.4 is 5.48 Å². The normalized spacial score (nSPS) is 16.5. The highest BCUT2D eigenvalue weighted by molar-refractivity contribution is 7.89. The summed E-state index contributed by atoms with van der Waals surface area (Å²) in [4.78, 5) is 0. The van der Waals surface area contributed by atoms with Crippen LogP contribution >= 0.6 is 0 Å². The van der Waals surface area contributed by atoms with Gasteiger partial charge in [0.2, 0.25) is 10.0 Å². The van der Waals surface area contributed by atoms with E-state index < -0.39 is 16.1 Å². The number of halogens is 1. The van der Waals surface area contributed by atoms with Gasteiger partial charge in [0, 0.05) is 32.8 Å². The molecule has 0 bridgehead atoms. The number of unbranched alkanes of at least 4 members (excludes halogenated alkanes) is 1. The molecule has 0 radical (unpaired) electrons. The van der Waals surface area contributed by atoms with E-state index in [4.69, 9.17) is 4.74 Å². The maximum absolute atomic E-state index is 13.2. The van der Waals surface area contributed by atoms with Gasteiger partial charge in [0.1, 0.15) is 5.82 Å². The van der Waals surface area contributed by atoms with Crippen LogP contribution in [0.15, 0.2) is 18.2 Å². The molecule has 1 heterocycles. The van der Waals surface area contributed by atoms with Gasteiger partial charge >= 0.3 is 0 Å². The van der Waals surface area contributed by atoms with Gasteiger partial charge in [0.05, 0.1) is 5.75 Å². The third-order valence-corrected chi connectivity index (χ3v) is 5.87. The van der Waals surface area contributed by atoms with Gasteiger partial charge in [-0.05, 0) is 42.5 Å². The van der Waals surface area contributed by atoms with Crippen molar-refractivity contribution in [3.8, 4) is 0 Å². The number of hydrogen-bond acceptors (Lipinski definition) is 5. The Kier molecular flexibility index (Phi) is 6.49. The largest absolute Gasteiger partial charge is 0.385 e. The van der Waals surface area contributed by atoms with Crippen molar-refractivity contribution in [2.75, 3.05) is 19.5 Å². The molecule has 0 amide bonds. The van der Waals surface area contributed by atoms with Crippen molar-refractivity contribution < 1.29 is 22.8 Å². The first-order valence-corrected chi connectivity index (χ1v) is 9.21. The first kappa shape index (κ1) is 18.3. The number of nitrogens with one attached hydrogen (secondary N) is 1. The molecular weight excluding hydrogens is 323 g/mol. The van der Waals surface area contributed by atoms with Crippen LogP contribution in [0.2, 0.25) is 0 Å². The predicted octanol–water partition coefficient (Wildman–Crippen LogP) is 1.64. The zero-order valence-electron chi connectivity index (χ0n) is 13.2. The molecule has 0 unspecified atom stereocenters. The topological polar surface area (TPSA) is 78.9 Å². The molecule has 1 aromatic carbocycles. The lowest BCUT2D eigenvalue weighted by atomic mass is 10.1. The van der Waals surface area contributed by atoms with Gasteiger partial charge in [-0.1, -0.05) is 6.07 Å². The van der Waals surface area contributed by atoms with Gasteiger partial charge in [0.25, 0.3) is 0 Å². The molecule has 0 aliphatic carbocycles. The average Bonchev–Trinajstić information content (AvgIpc) is 2.94. The van der Waals surface area contributed by atoms with E-state index in [1.807, 2.05) is 0 Å². The number of nitrogens with zero attached hydrogens (tertiary/aromatic N) is 1. The Morgan fingerprint density at radius 2 is 2.09 bits per heavy atom. The number of fused-ring (bicyclic) bond motifs is 1. The fraction of sp³-hybridized carbons (Fsp3) is 0.600. The lowest BCUT2D eigenvalue weighted by Gasteiger charge is -2.20. The molecule has 0 saturated carbocycles. The van der Waals surface area contributed by atoms with Crippen molar-refractivity contribution in [1.82, 2.24) is 9.79 Å². The third-order valence-electron chi connectivity index (χ3n) is 4.00. The maximum Gasteiger partial charge on any atom is 0.216 e. The zero-order valence-corrected chi connectivity index (χ0v) is 14.0. The molecule has 0 aromatic heterocycles. The average molecular weight is 346 g/mol. The molecule has 1 atom stereocenters. The fourth-order valence-electron chi connectivity index (χ4n) is 2.71. The summed E-state index contributed by atoms with van der Waals surface area (Å²) in [7, 11) is -1.93. The second-order valence-corrected chi connectivity index (χ2v) is 7.79. The molecule has 0 spiro atoms. The van der Waals surface area contributed by atoms with Crippen molar-refractivity contribution in [2.45, 2.75) is 38.4 Å². The smallest absolute Gasteiger partial charge is 0.216 e. The molecule has 8 heteroatoms. The summed E-state index contributed by atoms with van der Waals surface area (Å²) in [6, 6.07) is 3.80. The second kappa shape index (κ2) is 8.16. The zero-order chi connectivity index (χ0) is 16.9. The van der Waals surface area contributed by atoms with Crippen LogP contribution in [-0.2, 0) is 27.8 Å². The van der Waals surface area contributed by atoms with Crippen molar-refractivity contribution in [3.63, 3.8) is 0 Å². The lowest BCUT2D eigenvalue weighted by Crippen LogP contribution is -2.39. The van der Waals surface area contributed by atoms with Crippen molar-refractivity contribution in [3.05, 3.63) is 35.1 Å². The minimum absolute atomic E-state index is 0.178. The Balaban J connectivity index is 1.94. The molecule has 1 aromatic rings. The van der Waals surface area contributed by atoms with E-state index in [-0.39, 0.29) is 24.7 Å². The minimum Gasteiger partial charge on any atom is -0.385 e. The highest BCUT2D eigenvalue weighted by atomic mass is 32.2. The van der Waals surface area contributed by atoms with Gasteiger partial charge < -0.3 is 9.94 Å². The molecule has 1 aliphatic heterocycles. The monoisotopic (exact) mass is 346 g/mol. The van der Waals surface area contributed by atoms with Gasteiger partial charge in [-0.2, -0.15) is 4.31 Å². The van der Waals surface area contributed by atoms with Crippen molar-refractivity contribution in [2.24, 2.45) is 0 Å². The fourth-order valence-corrected chi connectivity index (χ4v) is 4.34. The molecule has 6 nitrogen and oxygen atoms in total. The van der Waals surface area contributed by atoms with E-state index >= 15 is 0 Å². The number of ether oxygens (including phenoxy) is 1. The summed E-state index contributed by atoms with van der Waals surface area (Å²) in [5.74, 6) is -0.552. The highest BCUT2D eigenvalue weighted by Gasteiger charge is 2.31. The first-order chi connectivity index (χ1) is 11.0. The number of hydroxylamine groups is 1. The van der Waals surface area contributed by atoms with Crippen LogP contribution in [-0.4, -0.2) is 43.4 Å². The van der Waals surface area contributed by atoms with Gasteiger partial charge in [-0.25, -0.2) is 18.3 Å². The Morgan fingerprint density at radius 1 is 1.35 bits per heavy atom. The van der Waals surface area contributed by atoms with Crippen molar-refractivity contribution in [1.29, 1.82) is 0 Å². The van der Waals surface area contributed by atoms with Gasteiger partial charge in [-0.15, -0.1) is 0 Å². The molecule has 2 N–H and O–H groups in total. The molecular formula is C15H23FN2O4S. The number of rotatable bonds is 9.